The van der Waals surface area contributed by atoms with Crippen molar-refractivity contribution in [2.24, 2.45) is 5.73 Å². The first-order valence-corrected chi connectivity index (χ1v) is 7.05. The summed E-state index contributed by atoms with van der Waals surface area (Å²) in [7, 11) is 1.50. The van der Waals surface area contributed by atoms with E-state index in [4.69, 9.17) is 10.5 Å². The summed E-state index contributed by atoms with van der Waals surface area (Å²) in [5.41, 5.74) is 5.27. The highest BCUT2D eigenvalue weighted by Gasteiger charge is 2.21. The maximum atomic E-state index is 11.7. The van der Waals surface area contributed by atoms with Crippen molar-refractivity contribution in [1.82, 2.24) is 14.9 Å². The van der Waals surface area contributed by atoms with E-state index in [9.17, 15) is 4.79 Å². The van der Waals surface area contributed by atoms with Crippen molar-refractivity contribution in [2.45, 2.75) is 12.8 Å². The molecule has 112 valence electrons. The molecule has 0 spiro atoms. The van der Waals surface area contributed by atoms with Crippen LogP contribution in [-0.4, -0.2) is 61.2 Å². The minimum Gasteiger partial charge on any atom is -0.489 e. The van der Waals surface area contributed by atoms with Gasteiger partial charge in [0.05, 0.1) is 13.4 Å². The average molecular weight is 281 g/mol. The van der Waals surface area contributed by atoms with E-state index in [0.717, 1.165) is 52.1 Å². The third kappa shape index (κ3) is 3.49. The highest BCUT2D eigenvalue weighted by Crippen LogP contribution is 2.21. The molecular weight excluding hydrogens is 258 g/mol. The molecule has 1 aromatic rings. The normalized spacial score (nSPS) is 16.4. The van der Waals surface area contributed by atoms with Gasteiger partial charge in [-0.2, -0.15) is 0 Å². The fourth-order valence-electron chi connectivity index (χ4n) is 2.45. The SMILES string of the molecule is COc1c(N2CCN(CCCCN)CC2)nc[nH]c1=O. The van der Waals surface area contributed by atoms with Gasteiger partial charge in [-0.1, -0.05) is 0 Å². The van der Waals surface area contributed by atoms with E-state index in [2.05, 4.69) is 19.8 Å². The molecule has 1 saturated heterocycles. The molecule has 0 bridgehead atoms. The molecule has 0 saturated carbocycles. The van der Waals surface area contributed by atoms with Crippen LogP contribution in [0.15, 0.2) is 11.1 Å². The molecule has 0 amide bonds. The lowest BCUT2D eigenvalue weighted by Crippen LogP contribution is -2.47. The Morgan fingerprint density at radius 3 is 2.75 bits per heavy atom. The maximum Gasteiger partial charge on any atom is 0.295 e. The highest BCUT2D eigenvalue weighted by atomic mass is 16.5. The van der Waals surface area contributed by atoms with Crippen LogP contribution < -0.4 is 20.9 Å². The van der Waals surface area contributed by atoms with Crippen LogP contribution in [0.4, 0.5) is 5.82 Å². The second-order valence-corrected chi connectivity index (χ2v) is 4.91. The van der Waals surface area contributed by atoms with Crippen molar-refractivity contribution in [3.63, 3.8) is 0 Å². The number of nitrogens with zero attached hydrogens (tertiary/aromatic N) is 3. The molecule has 0 radical (unpaired) electrons. The number of nitrogens with one attached hydrogen (secondary N) is 1. The van der Waals surface area contributed by atoms with E-state index in [-0.39, 0.29) is 5.56 Å². The summed E-state index contributed by atoms with van der Waals surface area (Å²) in [5.74, 6) is 0.932. The molecule has 1 aliphatic heterocycles. The number of ether oxygens (including phenoxy) is 1. The highest BCUT2D eigenvalue weighted by molar-refractivity contribution is 5.50. The Morgan fingerprint density at radius 2 is 2.10 bits per heavy atom. The summed E-state index contributed by atoms with van der Waals surface area (Å²) in [6, 6.07) is 0. The summed E-state index contributed by atoms with van der Waals surface area (Å²) in [5, 5.41) is 0. The van der Waals surface area contributed by atoms with Gasteiger partial charge >= 0.3 is 0 Å². The van der Waals surface area contributed by atoms with Crippen LogP contribution in [0.3, 0.4) is 0 Å². The molecule has 20 heavy (non-hydrogen) atoms. The van der Waals surface area contributed by atoms with Gasteiger partial charge in [0.2, 0.25) is 5.75 Å². The summed E-state index contributed by atoms with van der Waals surface area (Å²) in [6.45, 7) is 5.51. The van der Waals surface area contributed by atoms with E-state index in [1.807, 2.05) is 0 Å². The number of methoxy groups -OCH3 is 1. The lowest BCUT2D eigenvalue weighted by Gasteiger charge is -2.35. The van der Waals surface area contributed by atoms with Crippen LogP contribution in [0.5, 0.6) is 5.75 Å². The number of piperazine rings is 1. The van der Waals surface area contributed by atoms with Crippen LogP contribution in [0.1, 0.15) is 12.8 Å². The van der Waals surface area contributed by atoms with Crippen molar-refractivity contribution in [3.8, 4) is 5.75 Å². The van der Waals surface area contributed by atoms with Crippen LogP contribution >= 0.6 is 0 Å². The predicted molar refractivity (Wildman–Crippen MR) is 78.4 cm³/mol. The first-order valence-electron chi connectivity index (χ1n) is 7.05. The first kappa shape index (κ1) is 14.8. The summed E-state index contributed by atoms with van der Waals surface area (Å²) in [4.78, 5) is 23.0. The Labute approximate surface area is 118 Å². The number of unbranched alkanes of at least 4 members (excludes halogenated alkanes) is 1. The molecule has 7 heteroatoms. The monoisotopic (exact) mass is 281 g/mol. The minimum atomic E-state index is -0.233. The number of hydrogen-bond acceptors (Lipinski definition) is 6. The largest absolute Gasteiger partial charge is 0.489 e. The van der Waals surface area contributed by atoms with E-state index in [0.29, 0.717) is 11.6 Å². The number of aromatic amines is 1. The van der Waals surface area contributed by atoms with E-state index in [1.54, 1.807) is 0 Å². The zero-order valence-corrected chi connectivity index (χ0v) is 12.0. The smallest absolute Gasteiger partial charge is 0.295 e. The van der Waals surface area contributed by atoms with Crippen molar-refractivity contribution in [1.29, 1.82) is 0 Å². The molecule has 0 unspecified atom stereocenters. The number of aromatic nitrogens is 2. The second kappa shape index (κ2) is 7.25. The van der Waals surface area contributed by atoms with Gasteiger partial charge in [-0.3, -0.25) is 9.69 Å². The molecular formula is C13H23N5O2. The lowest BCUT2D eigenvalue weighted by atomic mass is 10.2. The third-order valence-corrected chi connectivity index (χ3v) is 3.60. The van der Waals surface area contributed by atoms with Crippen LogP contribution in [0, 0.1) is 0 Å². The topological polar surface area (TPSA) is 87.5 Å². The van der Waals surface area contributed by atoms with Crippen molar-refractivity contribution in [2.75, 3.05) is 51.3 Å². The molecule has 1 aliphatic rings. The number of rotatable bonds is 6. The maximum absolute atomic E-state index is 11.7. The Bertz CT molecular complexity index is 468. The second-order valence-electron chi connectivity index (χ2n) is 4.91. The molecule has 0 aromatic carbocycles. The minimum absolute atomic E-state index is 0.233. The Kier molecular flexibility index (Phi) is 5.37. The number of anilines is 1. The average Bonchev–Trinajstić information content (AvgIpc) is 2.48. The number of H-pyrrole nitrogens is 1. The Balaban J connectivity index is 1.94. The summed E-state index contributed by atoms with van der Waals surface area (Å²) >= 11 is 0. The predicted octanol–water partition coefficient (Wildman–Crippen LogP) is -0.361. The summed E-state index contributed by atoms with van der Waals surface area (Å²) in [6.07, 6.45) is 3.64. The zero-order chi connectivity index (χ0) is 14.4. The third-order valence-electron chi connectivity index (χ3n) is 3.60. The van der Waals surface area contributed by atoms with E-state index in [1.165, 1.54) is 13.4 Å². The van der Waals surface area contributed by atoms with E-state index < -0.39 is 0 Å². The van der Waals surface area contributed by atoms with Crippen molar-refractivity contribution in [3.05, 3.63) is 16.7 Å². The standard InChI is InChI=1S/C13H23N5O2/c1-20-11-12(15-10-16-13(11)19)18-8-6-17(7-9-18)5-3-2-4-14/h10H,2-9,14H2,1H3,(H,15,16,19). The summed E-state index contributed by atoms with van der Waals surface area (Å²) < 4.78 is 5.16. The molecule has 1 aromatic heterocycles. The molecule has 0 aliphatic carbocycles. The Hall–Kier alpha value is -1.60. The lowest BCUT2D eigenvalue weighted by molar-refractivity contribution is 0.252. The van der Waals surface area contributed by atoms with E-state index >= 15 is 0 Å². The Morgan fingerprint density at radius 1 is 1.35 bits per heavy atom. The molecule has 2 heterocycles. The van der Waals surface area contributed by atoms with Gasteiger partial charge in [0.25, 0.3) is 5.56 Å². The van der Waals surface area contributed by atoms with Crippen molar-refractivity contribution < 1.29 is 4.74 Å². The first-order chi connectivity index (χ1) is 9.76. The van der Waals surface area contributed by atoms with Gasteiger partial charge in [0.1, 0.15) is 0 Å². The quantitative estimate of drug-likeness (QED) is 0.692. The molecule has 3 N–H and O–H groups in total. The van der Waals surface area contributed by atoms with Gasteiger partial charge in [0.15, 0.2) is 5.82 Å². The number of nitrogens with two attached hydrogens (primary N) is 1. The van der Waals surface area contributed by atoms with Gasteiger partial charge in [-0.25, -0.2) is 4.98 Å². The van der Waals surface area contributed by atoms with Crippen LogP contribution in [0.25, 0.3) is 0 Å². The zero-order valence-electron chi connectivity index (χ0n) is 12.0. The van der Waals surface area contributed by atoms with Crippen molar-refractivity contribution >= 4 is 5.82 Å². The molecule has 7 nitrogen and oxygen atoms in total. The molecule has 0 atom stereocenters. The van der Waals surface area contributed by atoms with Crippen LogP contribution in [-0.2, 0) is 0 Å². The fourth-order valence-corrected chi connectivity index (χ4v) is 2.45. The molecule has 1 fully saturated rings. The van der Waals surface area contributed by atoms with Gasteiger partial charge in [0, 0.05) is 26.2 Å². The number of hydrogen-bond donors (Lipinski definition) is 2. The molecule has 2 rings (SSSR count). The van der Waals surface area contributed by atoms with Gasteiger partial charge < -0.3 is 20.4 Å². The van der Waals surface area contributed by atoms with Gasteiger partial charge in [-0.05, 0) is 25.9 Å². The van der Waals surface area contributed by atoms with Crippen LogP contribution in [0.2, 0.25) is 0 Å². The fraction of sp³-hybridized carbons (Fsp3) is 0.692. The van der Waals surface area contributed by atoms with Gasteiger partial charge in [-0.15, -0.1) is 0 Å².